The van der Waals surface area contributed by atoms with Crippen LogP contribution in [-0.4, -0.2) is 22.4 Å². The summed E-state index contributed by atoms with van der Waals surface area (Å²) in [6, 6.07) is 2.84. The van der Waals surface area contributed by atoms with E-state index in [-0.39, 0.29) is 0 Å². The largest absolute Gasteiger partial charge is 0.314 e. The van der Waals surface area contributed by atoms with Crippen molar-refractivity contribution in [1.82, 2.24) is 15.1 Å². The lowest BCUT2D eigenvalue weighted by atomic mass is 9.93. The molecule has 1 aliphatic rings. The van der Waals surface area contributed by atoms with Gasteiger partial charge < -0.3 is 5.32 Å². The van der Waals surface area contributed by atoms with E-state index >= 15 is 0 Å². The van der Waals surface area contributed by atoms with Crippen molar-refractivity contribution in [3.63, 3.8) is 0 Å². The first-order valence-corrected chi connectivity index (χ1v) is 5.56. The zero-order valence-electron chi connectivity index (χ0n) is 9.03. The van der Waals surface area contributed by atoms with Crippen molar-refractivity contribution in [3.05, 3.63) is 18.0 Å². The Kier molecular flexibility index (Phi) is 2.87. The second-order valence-corrected chi connectivity index (χ2v) is 4.16. The van der Waals surface area contributed by atoms with Crippen molar-refractivity contribution in [1.29, 1.82) is 0 Å². The Labute approximate surface area is 85.5 Å². The summed E-state index contributed by atoms with van der Waals surface area (Å²) in [5, 5.41) is 7.85. The van der Waals surface area contributed by atoms with E-state index in [9.17, 15) is 0 Å². The molecule has 0 aromatic carbocycles. The molecule has 0 amide bonds. The average Bonchev–Trinajstić information content (AvgIpc) is 2.67. The molecule has 14 heavy (non-hydrogen) atoms. The number of nitrogens with one attached hydrogen (secondary N) is 1. The number of rotatable bonds is 2. The lowest BCUT2D eigenvalue weighted by molar-refractivity contribution is 0.370. The summed E-state index contributed by atoms with van der Waals surface area (Å²) in [5.41, 5.74) is 1.40. The van der Waals surface area contributed by atoms with Crippen LogP contribution in [0, 0.1) is 0 Å². The van der Waals surface area contributed by atoms with Crippen molar-refractivity contribution in [3.8, 4) is 0 Å². The molecule has 1 N–H and O–H groups in total. The summed E-state index contributed by atoms with van der Waals surface area (Å²) in [5.74, 6) is 0.661. The second-order valence-electron chi connectivity index (χ2n) is 4.16. The van der Waals surface area contributed by atoms with Crippen LogP contribution < -0.4 is 5.32 Å². The standard InChI is InChI=1S/C11H19N3/c1-3-14-11(6-7-13-14)10-5-4-9(2)12-8-10/h6-7,9-10,12H,3-5,8H2,1-2H3. The van der Waals surface area contributed by atoms with Gasteiger partial charge in [0, 0.05) is 36.9 Å². The van der Waals surface area contributed by atoms with E-state index in [1.54, 1.807) is 0 Å². The molecule has 0 spiro atoms. The van der Waals surface area contributed by atoms with Crippen LogP contribution in [0.5, 0.6) is 0 Å². The molecule has 3 nitrogen and oxygen atoms in total. The Balaban J connectivity index is 2.08. The fraction of sp³-hybridized carbons (Fsp3) is 0.727. The fourth-order valence-corrected chi connectivity index (χ4v) is 2.21. The normalized spacial score (nSPS) is 27.9. The average molecular weight is 193 g/mol. The van der Waals surface area contributed by atoms with Gasteiger partial charge in [0.25, 0.3) is 0 Å². The molecular formula is C11H19N3. The van der Waals surface area contributed by atoms with E-state index < -0.39 is 0 Å². The van der Waals surface area contributed by atoms with Gasteiger partial charge in [0.15, 0.2) is 0 Å². The van der Waals surface area contributed by atoms with Gasteiger partial charge in [0.1, 0.15) is 0 Å². The molecule has 1 saturated heterocycles. The van der Waals surface area contributed by atoms with Gasteiger partial charge in [-0.25, -0.2) is 0 Å². The minimum atomic E-state index is 0.661. The van der Waals surface area contributed by atoms with Crippen molar-refractivity contribution in [2.24, 2.45) is 0 Å². The Morgan fingerprint density at radius 1 is 1.57 bits per heavy atom. The maximum absolute atomic E-state index is 4.32. The predicted molar refractivity (Wildman–Crippen MR) is 57.3 cm³/mol. The predicted octanol–water partition coefficient (Wildman–Crippen LogP) is 1.76. The number of nitrogens with zero attached hydrogens (tertiary/aromatic N) is 2. The summed E-state index contributed by atoms with van der Waals surface area (Å²) in [4.78, 5) is 0. The molecule has 0 aliphatic carbocycles. The first kappa shape index (κ1) is 9.71. The summed E-state index contributed by atoms with van der Waals surface area (Å²) >= 11 is 0. The van der Waals surface area contributed by atoms with Crippen molar-refractivity contribution in [2.45, 2.75) is 45.2 Å². The van der Waals surface area contributed by atoms with Crippen LogP contribution in [-0.2, 0) is 6.54 Å². The van der Waals surface area contributed by atoms with E-state index in [2.05, 4.69) is 35.0 Å². The Hall–Kier alpha value is -0.830. The Bertz CT molecular complexity index is 284. The summed E-state index contributed by atoms with van der Waals surface area (Å²) in [7, 11) is 0. The molecule has 3 heteroatoms. The highest BCUT2D eigenvalue weighted by Crippen LogP contribution is 2.24. The molecule has 1 fully saturated rings. The second kappa shape index (κ2) is 4.13. The highest BCUT2D eigenvalue weighted by molar-refractivity contribution is 5.10. The topological polar surface area (TPSA) is 29.9 Å². The Morgan fingerprint density at radius 2 is 2.43 bits per heavy atom. The smallest absolute Gasteiger partial charge is 0.0492 e. The minimum absolute atomic E-state index is 0.661. The van der Waals surface area contributed by atoms with E-state index in [0.29, 0.717) is 12.0 Å². The zero-order valence-corrected chi connectivity index (χ0v) is 9.03. The van der Waals surface area contributed by atoms with Gasteiger partial charge in [-0.3, -0.25) is 4.68 Å². The fourth-order valence-electron chi connectivity index (χ4n) is 2.21. The van der Waals surface area contributed by atoms with Gasteiger partial charge in [-0.15, -0.1) is 0 Å². The molecule has 2 atom stereocenters. The maximum atomic E-state index is 4.32. The lowest BCUT2D eigenvalue weighted by Crippen LogP contribution is -2.36. The van der Waals surface area contributed by atoms with Gasteiger partial charge in [0.05, 0.1) is 0 Å². The molecule has 78 valence electrons. The van der Waals surface area contributed by atoms with E-state index in [1.165, 1.54) is 18.5 Å². The quantitative estimate of drug-likeness (QED) is 0.775. The van der Waals surface area contributed by atoms with Crippen LogP contribution in [0.2, 0.25) is 0 Å². The van der Waals surface area contributed by atoms with Crippen LogP contribution in [0.3, 0.4) is 0 Å². The number of piperidine rings is 1. The third-order valence-corrected chi connectivity index (χ3v) is 3.13. The van der Waals surface area contributed by atoms with Gasteiger partial charge in [0.2, 0.25) is 0 Å². The molecule has 2 unspecified atom stereocenters. The SMILES string of the molecule is CCn1nccc1C1CCC(C)NC1. The molecule has 1 aromatic rings. The maximum Gasteiger partial charge on any atom is 0.0492 e. The Morgan fingerprint density at radius 3 is 3.07 bits per heavy atom. The lowest BCUT2D eigenvalue weighted by Gasteiger charge is -2.27. The first-order chi connectivity index (χ1) is 6.81. The molecule has 1 aliphatic heterocycles. The van der Waals surface area contributed by atoms with Crippen LogP contribution in [0.25, 0.3) is 0 Å². The zero-order chi connectivity index (χ0) is 9.97. The van der Waals surface area contributed by atoms with E-state index in [1.807, 2.05) is 6.20 Å². The van der Waals surface area contributed by atoms with Gasteiger partial charge in [-0.05, 0) is 32.8 Å². The molecule has 0 saturated carbocycles. The first-order valence-electron chi connectivity index (χ1n) is 5.56. The summed E-state index contributed by atoms with van der Waals surface area (Å²) in [6.07, 6.45) is 4.48. The highest BCUT2D eigenvalue weighted by atomic mass is 15.3. The summed E-state index contributed by atoms with van der Waals surface area (Å²) < 4.78 is 2.11. The number of aromatic nitrogens is 2. The van der Waals surface area contributed by atoms with Crippen molar-refractivity contribution < 1.29 is 0 Å². The molecule has 1 aromatic heterocycles. The molecule has 2 heterocycles. The summed E-state index contributed by atoms with van der Waals surface area (Å²) in [6.45, 7) is 6.49. The third-order valence-electron chi connectivity index (χ3n) is 3.13. The number of aryl methyl sites for hydroxylation is 1. The van der Waals surface area contributed by atoms with Crippen LogP contribution in [0.15, 0.2) is 12.3 Å². The third kappa shape index (κ3) is 1.82. The monoisotopic (exact) mass is 193 g/mol. The molecule has 2 rings (SSSR count). The van der Waals surface area contributed by atoms with E-state index in [0.717, 1.165) is 13.1 Å². The number of hydrogen-bond acceptors (Lipinski definition) is 2. The van der Waals surface area contributed by atoms with Crippen LogP contribution in [0.4, 0.5) is 0 Å². The van der Waals surface area contributed by atoms with Crippen LogP contribution >= 0.6 is 0 Å². The number of hydrogen-bond donors (Lipinski definition) is 1. The van der Waals surface area contributed by atoms with Crippen molar-refractivity contribution in [2.75, 3.05) is 6.54 Å². The van der Waals surface area contributed by atoms with Gasteiger partial charge in [-0.1, -0.05) is 0 Å². The molecule has 0 radical (unpaired) electrons. The van der Waals surface area contributed by atoms with Crippen molar-refractivity contribution >= 4 is 0 Å². The molecular weight excluding hydrogens is 174 g/mol. The highest BCUT2D eigenvalue weighted by Gasteiger charge is 2.21. The van der Waals surface area contributed by atoms with Crippen LogP contribution in [0.1, 0.15) is 38.3 Å². The van der Waals surface area contributed by atoms with Gasteiger partial charge in [-0.2, -0.15) is 5.10 Å². The van der Waals surface area contributed by atoms with E-state index in [4.69, 9.17) is 0 Å². The molecule has 0 bridgehead atoms. The minimum Gasteiger partial charge on any atom is -0.314 e. The van der Waals surface area contributed by atoms with Gasteiger partial charge >= 0.3 is 0 Å².